The Hall–Kier alpha value is -2.63. The Balaban J connectivity index is 2.30. The lowest BCUT2D eigenvalue weighted by atomic mass is 10.1. The highest BCUT2D eigenvalue weighted by Gasteiger charge is 2.19. The van der Waals surface area contributed by atoms with Gasteiger partial charge in [-0.1, -0.05) is 12.1 Å². The molecule has 0 aromatic heterocycles. The van der Waals surface area contributed by atoms with Crippen molar-refractivity contribution in [2.24, 2.45) is 0 Å². The molecule has 0 saturated heterocycles. The van der Waals surface area contributed by atoms with Crippen LogP contribution in [0.25, 0.3) is 0 Å². The molecule has 0 atom stereocenters. The van der Waals surface area contributed by atoms with E-state index in [1.807, 2.05) is 0 Å². The van der Waals surface area contributed by atoms with Gasteiger partial charge < -0.3 is 5.32 Å². The number of hydrogen-bond donors (Lipinski definition) is 1. The van der Waals surface area contributed by atoms with E-state index in [0.717, 1.165) is 0 Å². The van der Waals surface area contributed by atoms with E-state index in [1.165, 1.54) is 24.3 Å². The number of anilines is 1. The Kier molecular flexibility index (Phi) is 3.84. The van der Waals surface area contributed by atoms with Crippen molar-refractivity contribution < 1.29 is 22.8 Å². The highest BCUT2D eigenvalue weighted by atomic mass is 19.1. The molecule has 1 amide bonds. The smallest absolute Gasteiger partial charge is 0.261 e. The first kappa shape index (κ1) is 13.8. The van der Waals surface area contributed by atoms with E-state index in [-0.39, 0.29) is 5.69 Å². The first-order valence-corrected chi connectivity index (χ1v) is 5.52. The molecule has 0 aliphatic carbocycles. The molecular formula is C14H8F3NO2. The predicted molar refractivity (Wildman–Crippen MR) is 66.1 cm³/mol. The molecule has 0 fully saturated rings. The van der Waals surface area contributed by atoms with Crippen LogP contribution in [-0.2, 0) is 0 Å². The van der Waals surface area contributed by atoms with Gasteiger partial charge in [-0.2, -0.15) is 0 Å². The fourth-order valence-electron chi connectivity index (χ4n) is 1.64. The molecular weight excluding hydrogens is 271 g/mol. The van der Waals surface area contributed by atoms with Crippen molar-refractivity contribution in [2.45, 2.75) is 0 Å². The molecule has 0 saturated carbocycles. The molecule has 0 bridgehead atoms. The molecule has 0 aliphatic rings. The van der Waals surface area contributed by atoms with Crippen molar-refractivity contribution in [1.82, 2.24) is 0 Å². The zero-order valence-corrected chi connectivity index (χ0v) is 9.99. The predicted octanol–water partition coefficient (Wildman–Crippen LogP) is 3.17. The van der Waals surface area contributed by atoms with Crippen LogP contribution < -0.4 is 5.32 Å². The van der Waals surface area contributed by atoms with Crippen molar-refractivity contribution in [3.8, 4) is 0 Å². The standard InChI is InChI=1S/C14H8F3NO2/c15-9-5-11(16)13(12(17)6-9)14(20)18-10-3-1-2-8(4-10)7-19/h1-7H,(H,18,20). The third-order valence-corrected chi connectivity index (χ3v) is 2.51. The number of aldehydes is 1. The Morgan fingerprint density at radius 1 is 1.05 bits per heavy atom. The molecule has 3 nitrogen and oxygen atoms in total. The fourth-order valence-corrected chi connectivity index (χ4v) is 1.64. The Morgan fingerprint density at radius 2 is 1.70 bits per heavy atom. The van der Waals surface area contributed by atoms with Crippen LogP contribution in [0, 0.1) is 17.5 Å². The number of benzene rings is 2. The lowest BCUT2D eigenvalue weighted by Crippen LogP contribution is -2.16. The van der Waals surface area contributed by atoms with Crippen molar-refractivity contribution in [2.75, 3.05) is 5.32 Å². The molecule has 1 N–H and O–H groups in total. The summed E-state index contributed by atoms with van der Waals surface area (Å²) in [7, 11) is 0. The summed E-state index contributed by atoms with van der Waals surface area (Å²) in [6.45, 7) is 0. The van der Waals surface area contributed by atoms with Gasteiger partial charge in [0.05, 0.1) is 0 Å². The molecule has 0 spiro atoms. The number of amides is 1. The average Bonchev–Trinajstić information content (AvgIpc) is 2.37. The van der Waals surface area contributed by atoms with Crippen LogP contribution in [0.1, 0.15) is 20.7 Å². The first-order chi connectivity index (χ1) is 9.51. The molecule has 6 heteroatoms. The molecule has 20 heavy (non-hydrogen) atoms. The van der Waals surface area contributed by atoms with E-state index >= 15 is 0 Å². The van der Waals surface area contributed by atoms with Crippen LogP contribution in [0.15, 0.2) is 36.4 Å². The number of carbonyl (C=O) groups excluding carboxylic acids is 2. The lowest BCUT2D eigenvalue weighted by Gasteiger charge is -2.07. The van der Waals surface area contributed by atoms with Gasteiger partial charge in [0, 0.05) is 23.4 Å². The van der Waals surface area contributed by atoms with Crippen molar-refractivity contribution in [1.29, 1.82) is 0 Å². The van der Waals surface area contributed by atoms with Crippen LogP contribution >= 0.6 is 0 Å². The largest absolute Gasteiger partial charge is 0.322 e. The summed E-state index contributed by atoms with van der Waals surface area (Å²) in [6, 6.07) is 6.62. The van der Waals surface area contributed by atoms with Gasteiger partial charge >= 0.3 is 0 Å². The summed E-state index contributed by atoms with van der Waals surface area (Å²) in [5, 5.41) is 2.23. The summed E-state index contributed by atoms with van der Waals surface area (Å²) < 4.78 is 39.6. The lowest BCUT2D eigenvalue weighted by molar-refractivity contribution is 0.101. The van der Waals surface area contributed by atoms with Gasteiger partial charge in [0.2, 0.25) is 0 Å². The van der Waals surface area contributed by atoms with Gasteiger partial charge in [-0.05, 0) is 12.1 Å². The van der Waals surface area contributed by atoms with Crippen LogP contribution in [0.2, 0.25) is 0 Å². The third-order valence-electron chi connectivity index (χ3n) is 2.51. The maximum absolute atomic E-state index is 13.4. The number of hydrogen-bond acceptors (Lipinski definition) is 2. The monoisotopic (exact) mass is 279 g/mol. The number of carbonyl (C=O) groups is 2. The van der Waals surface area contributed by atoms with E-state index in [4.69, 9.17) is 0 Å². The quantitative estimate of drug-likeness (QED) is 0.877. The van der Waals surface area contributed by atoms with Gasteiger partial charge in [-0.15, -0.1) is 0 Å². The Morgan fingerprint density at radius 3 is 2.30 bits per heavy atom. The van der Waals surface area contributed by atoms with E-state index in [1.54, 1.807) is 0 Å². The second-order valence-corrected chi connectivity index (χ2v) is 3.94. The van der Waals surface area contributed by atoms with Crippen LogP contribution in [0.4, 0.5) is 18.9 Å². The SMILES string of the molecule is O=Cc1cccc(NC(=O)c2c(F)cc(F)cc2F)c1. The Bertz CT molecular complexity index is 663. The van der Waals surface area contributed by atoms with Crippen LogP contribution in [0.3, 0.4) is 0 Å². The minimum absolute atomic E-state index is 0.197. The zero-order valence-electron chi connectivity index (χ0n) is 9.99. The van der Waals surface area contributed by atoms with E-state index < -0.39 is 28.9 Å². The summed E-state index contributed by atoms with van der Waals surface area (Å²) in [6.07, 6.45) is 0.564. The second-order valence-electron chi connectivity index (χ2n) is 3.94. The minimum Gasteiger partial charge on any atom is -0.322 e. The van der Waals surface area contributed by atoms with Crippen molar-refractivity contribution in [3.63, 3.8) is 0 Å². The molecule has 0 radical (unpaired) electrons. The van der Waals surface area contributed by atoms with Crippen molar-refractivity contribution >= 4 is 17.9 Å². The van der Waals surface area contributed by atoms with Gasteiger partial charge in [0.1, 0.15) is 29.3 Å². The number of nitrogens with one attached hydrogen (secondary N) is 1. The Labute approximate surface area is 112 Å². The highest BCUT2D eigenvalue weighted by molar-refractivity contribution is 6.04. The highest BCUT2D eigenvalue weighted by Crippen LogP contribution is 2.17. The second kappa shape index (κ2) is 5.56. The number of rotatable bonds is 3. The van der Waals surface area contributed by atoms with E-state index in [2.05, 4.69) is 5.32 Å². The maximum atomic E-state index is 13.4. The van der Waals surface area contributed by atoms with Gasteiger partial charge in [-0.3, -0.25) is 9.59 Å². The van der Waals surface area contributed by atoms with Crippen LogP contribution in [0.5, 0.6) is 0 Å². The van der Waals surface area contributed by atoms with Gasteiger partial charge in [0.15, 0.2) is 0 Å². The first-order valence-electron chi connectivity index (χ1n) is 5.52. The van der Waals surface area contributed by atoms with E-state index in [9.17, 15) is 22.8 Å². The summed E-state index contributed by atoms with van der Waals surface area (Å²) >= 11 is 0. The minimum atomic E-state index is -1.30. The molecule has 102 valence electrons. The molecule has 2 rings (SSSR count). The maximum Gasteiger partial charge on any atom is 0.261 e. The third kappa shape index (κ3) is 2.85. The van der Waals surface area contributed by atoms with Gasteiger partial charge in [-0.25, -0.2) is 13.2 Å². The summed E-state index contributed by atoms with van der Waals surface area (Å²) in [5.74, 6) is -4.78. The van der Waals surface area contributed by atoms with Crippen molar-refractivity contribution in [3.05, 3.63) is 65.0 Å². The molecule has 0 heterocycles. The fraction of sp³-hybridized carbons (Fsp3) is 0. The molecule has 2 aromatic rings. The van der Waals surface area contributed by atoms with Gasteiger partial charge in [0.25, 0.3) is 5.91 Å². The summed E-state index contributed by atoms with van der Waals surface area (Å²) in [4.78, 5) is 22.4. The average molecular weight is 279 g/mol. The normalized spacial score (nSPS) is 10.2. The summed E-state index contributed by atoms with van der Waals surface area (Å²) in [5.41, 5.74) is -0.395. The zero-order chi connectivity index (χ0) is 14.7. The van der Waals surface area contributed by atoms with E-state index in [0.29, 0.717) is 24.0 Å². The molecule has 2 aromatic carbocycles. The van der Waals surface area contributed by atoms with Crippen LogP contribution in [-0.4, -0.2) is 12.2 Å². The topological polar surface area (TPSA) is 46.2 Å². The number of halogens is 3. The molecule has 0 unspecified atom stereocenters. The molecule has 0 aliphatic heterocycles.